The molecule has 2 heterocycles. The summed E-state index contributed by atoms with van der Waals surface area (Å²) in [5, 5.41) is 3.11. The molecule has 0 spiro atoms. The van der Waals surface area contributed by atoms with Crippen LogP contribution in [0.5, 0.6) is 0 Å². The fourth-order valence-electron chi connectivity index (χ4n) is 2.27. The van der Waals surface area contributed by atoms with E-state index < -0.39 is 5.95 Å². The molecule has 1 saturated carbocycles. The largest absolute Gasteiger partial charge is 0.365 e. The fourth-order valence-corrected chi connectivity index (χ4v) is 2.27. The van der Waals surface area contributed by atoms with Gasteiger partial charge in [0.2, 0.25) is 11.9 Å². The second-order valence-electron chi connectivity index (χ2n) is 4.67. The number of aromatic nitrogens is 1. The number of nitrogens with one attached hydrogen (secondary N) is 1. The second kappa shape index (κ2) is 3.98. The van der Waals surface area contributed by atoms with Crippen molar-refractivity contribution in [3.8, 4) is 0 Å². The predicted octanol–water partition coefficient (Wildman–Crippen LogP) is 1.40. The minimum absolute atomic E-state index is 0.0531. The van der Waals surface area contributed by atoms with Gasteiger partial charge in [-0.05, 0) is 25.0 Å². The van der Waals surface area contributed by atoms with Crippen molar-refractivity contribution >= 4 is 11.7 Å². The van der Waals surface area contributed by atoms with Crippen LogP contribution in [0.4, 0.5) is 10.2 Å². The van der Waals surface area contributed by atoms with E-state index in [2.05, 4.69) is 10.3 Å². The van der Waals surface area contributed by atoms with Crippen molar-refractivity contribution in [3.63, 3.8) is 0 Å². The third-order valence-corrected chi connectivity index (χ3v) is 3.21. The van der Waals surface area contributed by atoms with Gasteiger partial charge < -0.3 is 10.2 Å². The molecule has 1 saturated heterocycles. The summed E-state index contributed by atoms with van der Waals surface area (Å²) in [6.45, 7) is 0.710. The van der Waals surface area contributed by atoms with Crippen LogP contribution >= 0.6 is 0 Å². The molecule has 1 atom stereocenters. The number of carbonyl (C=O) groups excluding carboxylic acids is 1. The van der Waals surface area contributed by atoms with E-state index in [1.807, 2.05) is 4.90 Å². The van der Waals surface area contributed by atoms with Crippen LogP contribution in [0.2, 0.25) is 0 Å². The third kappa shape index (κ3) is 2.23. The number of halogens is 1. The zero-order chi connectivity index (χ0) is 11.8. The lowest BCUT2D eigenvalue weighted by molar-refractivity contribution is -0.128. The maximum atomic E-state index is 12.9. The summed E-state index contributed by atoms with van der Waals surface area (Å²) < 4.78 is 12.9. The van der Waals surface area contributed by atoms with Gasteiger partial charge in [0.1, 0.15) is 5.82 Å². The minimum atomic E-state index is -0.502. The molecule has 17 heavy (non-hydrogen) atoms. The van der Waals surface area contributed by atoms with E-state index in [1.165, 1.54) is 6.07 Å². The van der Waals surface area contributed by atoms with Crippen molar-refractivity contribution in [2.75, 3.05) is 11.9 Å². The Morgan fingerprint density at radius 3 is 2.94 bits per heavy atom. The standard InChI is InChI=1S/C12H14FN3O/c13-10-2-1-3-11(15-10)14-8-6-12(17)16(7-8)9-4-5-9/h1-3,8-9H,4-7H2,(H,14,15). The average molecular weight is 235 g/mol. The van der Waals surface area contributed by atoms with Gasteiger partial charge in [0, 0.05) is 19.0 Å². The molecule has 0 aromatic carbocycles. The van der Waals surface area contributed by atoms with Gasteiger partial charge in [-0.3, -0.25) is 4.79 Å². The van der Waals surface area contributed by atoms with E-state index in [9.17, 15) is 9.18 Å². The quantitative estimate of drug-likeness (QED) is 0.805. The Kier molecular flexibility index (Phi) is 2.46. The molecular weight excluding hydrogens is 221 g/mol. The normalized spacial score (nSPS) is 24.2. The molecule has 1 aliphatic heterocycles. The summed E-state index contributed by atoms with van der Waals surface area (Å²) in [6, 6.07) is 5.14. The third-order valence-electron chi connectivity index (χ3n) is 3.21. The lowest BCUT2D eigenvalue weighted by Crippen LogP contribution is -2.29. The summed E-state index contributed by atoms with van der Waals surface area (Å²) in [6.07, 6.45) is 2.72. The highest BCUT2D eigenvalue weighted by Gasteiger charge is 2.39. The van der Waals surface area contributed by atoms with Crippen LogP contribution in [0.15, 0.2) is 18.2 Å². The van der Waals surface area contributed by atoms with E-state index in [0.29, 0.717) is 24.8 Å². The first-order chi connectivity index (χ1) is 8.22. The van der Waals surface area contributed by atoms with E-state index in [0.717, 1.165) is 12.8 Å². The Morgan fingerprint density at radius 2 is 2.24 bits per heavy atom. The first-order valence-corrected chi connectivity index (χ1v) is 5.91. The summed E-state index contributed by atoms with van der Waals surface area (Å²) in [5.74, 6) is 0.195. The van der Waals surface area contributed by atoms with E-state index in [1.54, 1.807) is 12.1 Å². The summed E-state index contributed by atoms with van der Waals surface area (Å²) >= 11 is 0. The van der Waals surface area contributed by atoms with Gasteiger partial charge in [-0.2, -0.15) is 4.39 Å². The molecule has 90 valence electrons. The van der Waals surface area contributed by atoms with E-state index in [-0.39, 0.29) is 11.9 Å². The number of anilines is 1. The maximum Gasteiger partial charge on any atom is 0.225 e. The number of rotatable bonds is 3. The molecule has 1 amide bonds. The molecular formula is C12H14FN3O. The first kappa shape index (κ1) is 10.5. The minimum Gasteiger partial charge on any atom is -0.365 e. The summed E-state index contributed by atoms with van der Waals surface area (Å²) in [4.78, 5) is 17.4. The highest BCUT2D eigenvalue weighted by atomic mass is 19.1. The van der Waals surface area contributed by atoms with E-state index >= 15 is 0 Å². The Balaban J connectivity index is 1.65. The highest BCUT2D eigenvalue weighted by Crippen LogP contribution is 2.31. The molecule has 4 nitrogen and oxygen atoms in total. The van der Waals surface area contributed by atoms with Gasteiger partial charge >= 0.3 is 0 Å². The van der Waals surface area contributed by atoms with Crippen molar-refractivity contribution in [1.29, 1.82) is 0 Å². The summed E-state index contributed by atoms with van der Waals surface area (Å²) in [7, 11) is 0. The number of pyridine rings is 1. The van der Waals surface area contributed by atoms with Crippen LogP contribution in [0.25, 0.3) is 0 Å². The molecule has 2 aliphatic rings. The number of hydrogen-bond donors (Lipinski definition) is 1. The van der Waals surface area contributed by atoms with E-state index in [4.69, 9.17) is 0 Å². The Labute approximate surface area is 98.8 Å². The number of hydrogen-bond acceptors (Lipinski definition) is 3. The van der Waals surface area contributed by atoms with Crippen LogP contribution < -0.4 is 5.32 Å². The van der Waals surface area contributed by atoms with Crippen LogP contribution in [0.3, 0.4) is 0 Å². The monoisotopic (exact) mass is 235 g/mol. The SMILES string of the molecule is O=C1CC(Nc2cccc(F)n2)CN1C1CC1. The number of likely N-dealkylation sites (tertiary alicyclic amines) is 1. The van der Waals surface area contributed by atoms with Crippen molar-refractivity contribution in [2.24, 2.45) is 0 Å². The lowest BCUT2D eigenvalue weighted by Gasteiger charge is -2.16. The molecule has 1 unspecified atom stereocenters. The topological polar surface area (TPSA) is 45.2 Å². The molecule has 1 N–H and O–H groups in total. The highest BCUT2D eigenvalue weighted by molar-refractivity contribution is 5.80. The van der Waals surface area contributed by atoms with Gasteiger partial charge in [0.25, 0.3) is 0 Å². The zero-order valence-corrected chi connectivity index (χ0v) is 9.40. The molecule has 0 bridgehead atoms. The first-order valence-electron chi connectivity index (χ1n) is 5.91. The number of amides is 1. The van der Waals surface area contributed by atoms with Crippen LogP contribution in [-0.4, -0.2) is 34.4 Å². The number of carbonyl (C=O) groups is 1. The van der Waals surface area contributed by atoms with Crippen molar-refractivity contribution in [2.45, 2.75) is 31.3 Å². The molecule has 1 aromatic heterocycles. The fraction of sp³-hybridized carbons (Fsp3) is 0.500. The van der Waals surface area contributed by atoms with Crippen molar-refractivity contribution in [1.82, 2.24) is 9.88 Å². The van der Waals surface area contributed by atoms with Gasteiger partial charge in [-0.15, -0.1) is 0 Å². The van der Waals surface area contributed by atoms with Crippen molar-refractivity contribution < 1.29 is 9.18 Å². The number of nitrogens with zero attached hydrogens (tertiary/aromatic N) is 2. The van der Waals surface area contributed by atoms with Crippen LogP contribution in [0, 0.1) is 5.95 Å². The van der Waals surface area contributed by atoms with Gasteiger partial charge in [-0.1, -0.05) is 6.07 Å². The Hall–Kier alpha value is -1.65. The van der Waals surface area contributed by atoms with Crippen molar-refractivity contribution in [3.05, 3.63) is 24.1 Å². The van der Waals surface area contributed by atoms with Gasteiger partial charge in [-0.25, -0.2) is 4.98 Å². The molecule has 5 heteroatoms. The van der Waals surface area contributed by atoms with Gasteiger partial charge in [0.05, 0.1) is 6.04 Å². The molecule has 1 aliphatic carbocycles. The maximum absolute atomic E-state index is 12.9. The predicted molar refractivity (Wildman–Crippen MR) is 61.0 cm³/mol. The average Bonchev–Trinajstić information content (AvgIpc) is 3.04. The zero-order valence-electron chi connectivity index (χ0n) is 9.40. The van der Waals surface area contributed by atoms with Crippen LogP contribution in [-0.2, 0) is 4.79 Å². The smallest absolute Gasteiger partial charge is 0.225 e. The summed E-state index contributed by atoms with van der Waals surface area (Å²) in [5.41, 5.74) is 0. The lowest BCUT2D eigenvalue weighted by atomic mass is 10.2. The Bertz CT molecular complexity index is 447. The molecule has 1 aromatic rings. The molecule has 0 radical (unpaired) electrons. The van der Waals surface area contributed by atoms with Gasteiger partial charge in [0.15, 0.2) is 0 Å². The second-order valence-corrected chi connectivity index (χ2v) is 4.67. The molecule has 2 fully saturated rings. The van der Waals surface area contributed by atoms with Crippen LogP contribution in [0.1, 0.15) is 19.3 Å². The Morgan fingerprint density at radius 1 is 1.41 bits per heavy atom. The molecule has 3 rings (SSSR count).